The van der Waals surface area contributed by atoms with Gasteiger partial charge in [0.25, 0.3) is 0 Å². The molecule has 1 aliphatic carbocycles. The number of nitrogens with one attached hydrogen (secondary N) is 1. The highest BCUT2D eigenvalue weighted by molar-refractivity contribution is 5.26. The van der Waals surface area contributed by atoms with Crippen LogP contribution in [0.15, 0.2) is 24.3 Å². The van der Waals surface area contributed by atoms with Gasteiger partial charge in [-0.3, -0.25) is 0 Å². The molecule has 100 valence electrons. The first kappa shape index (κ1) is 13.5. The standard InChI is InChI=1S/C15H24N2O/c1-18-11-13-6-3-2-5-12(13)10-17-15-8-4-7-14(16)9-15/h2-3,5-6,14-15,17H,4,7-11,16H2,1H3. The molecule has 2 atom stereocenters. The Morgan fingerprint density at radius 2 is 2.06 bits per heavy atom. The summed E-state index contributed by atoms with van der Waals surface area (Å²) in [7, 11) is 1.74. The monoisotopic (exact) mass is 248 g/mol. The second kappa shape index (κ2) is 6.88. The fraction of sp³-hybridized carbons (Fsp3) is 0.600. The van der Waals surface area contributed by atoms with Gasteiger partial charge in [-0.25, -0.2) is 0 Å². The molecule has 3 nitrogen and oxygen atoms in total. The molecule has 0 heterocycles. The van der Waals surface area contributed by atoms with Crippen molar-refractivity contribution in [2.45, 2.75) is 50.9 Å². The maximum absolute atomic E-state index is 6.01. The third-order valence-electron chi connectivity index (χ3n) is 3.71. The van der Waals surface area contributed by atoms with E-state index in [2.05, 4.69) is 29.6 Å². The van der Waals surface area contributed by atoms with E-state index >= 15 is 0 Å². The molecule has 3 heteroatoms. The fourth-order valence-electron chi connectivity index (χ4n) is 2.69. The molecular formula is C15H24N2O. The molecule has 0 spiro atoms. The van der Waals surface area contributed by atoms with Gasteiger partial charge in [0.05, 0.1) is 6.61 Å². The van der Waals surface area contributed by atoms with Gasteiger partial charge in [0.15, 0.2) is 0 Å². The second-order valence-corrected chi connectivity index (χ2v) is 5.21. The molecule has 3 N–H and O–H groups in total. The molecule has 2 unspecified atom stereocenters. The molecule has 0 aromatic heterocycles. The summed E-state index contributed by atoms with van der Waals surface area (Å²) in [4.78, 5) is 0. The van der Waals surface area contributed by atoms with E-state index in [1.54, 1.807) is 7.11 Å². The van der Waals surface area contributed by atoms with Crippen LogP contribution in [0.4, 0.5) is 0 Å². The first-order valence-electron chi connectivity index (χ1n) is 6.84. The van der Waals surface area contributed by atoms with Gasteiger partial charge in [0.1, 0.15) is 0 Å². The van der Waals surface area contributed by atoms with E-state index in [-0.39, 0.29) is 0 Å². The van der Waals surface area contributed by atoms with Crippen molar-refractivity contribution in [3.05, 3.63) is 35.4 Å². The Morgan fingerprint density at radius 3 is 2.78 bits per heavy atom. The van der Waals surface area contributed by atoms with Crippen LogP contribution in [-0.2, 0) is 17.9 Å². The first-order valence-corrected chi connectivity index (χ1v) is 6.84. The molecule has 0 bridgehead atoms. The summed E-state index contributed by atoms with van der Waals surface area (Å²) in [6, 6.07) is 9.41. The summed E-state index contributed by atoms with van der Waals surface area (Å²) in [6.45, 7) is 1.60. The Hall–Kier alpha value is -0.900. The molecule has 1 aromatic rings. The minimum absolute atomic E-state index is 0.380. The summed E-state index contributed by atoms with van der Waals surface area (Å²) in [6.07, 6.45) is 4.78. The van der Waals surface area contributed by atoms with Crippen LogP contribution >= 0.6 is 0 Å². The van der Waals surface area contributed by atoms with Crippen LogP contribution < -0.4 is 11.1 Å². The minimum atomic E-state index is 0.380. The summed E-state index contributed by atoms with van der Waals surface area (Å²) in [5, 5.41) is 3.63. The molecule has 18 heavy (non-hydrogen) atoms. The van der Waals surface area contributed by atoms with Gasteiger partial charge in [0.2, 0.25) is 0 Å². The molecule has 1 saturated carbocycles. The van der Waals surface area contributed by atoms with Gasteiger partial charge in [-0.2, -0.15) is 0 Å². The van der Waals surface area contributed by atoms with Gasteiger partial charge in [-0.1, -0.05) is 30.7 Å². The average molecular weight is 248 g/mol. The number of hydrogen-bond acceptors (Lipinski definition) is 3. The number of methoxy groups -OCH3 is 1. The Morgan fingerprint density at radius 1 is 1.28 bits per heavy atom. The van der Waals surface area contributed by atoms with E-state index in [0.717, 1.165) is 13.0 Å². The van der Waals surface area contributed by atoms with Crippen molar-refractivity contribution >= 4 is 0 Å². The lowest BCUT2D eigenvalue weighted by molar-refractivity contribution is 0.184. The lowest BCUT2D eigenvalue weighted by Crippen LogP contribution is -2.39. The molecular weight excluding hydrogens is 224 g/mol. The molecule has 0 amide bonds. The Bertz CT molecular complexity index is 367. The van der Waals surface area contributed by atoms with Crippen LogP contribution in [0.2, 0.25) is 0 Å². The van der Waals surface area contributed by atoms with Crippen LogP contribution in [0.1, 0.15) is 36.8 Å². The van der Waals surface area contributed by atoms with Gasteiger partial charge in [-0.05, 0) is 30.4 Å². The van der Waals surface area contributed by atoms with Crippen LogP contribution in [0, 0.1) is 0 Å². The summed E-state index contributed by atoms with van der Waals surface area (Å²) in [5.41, 5.74) is 8.61. The van der Waals surface area contributed by atoms with E-state index < -0.39 is 0 Å². The Kier molecular flexibility index (Phi) is 5.17. The zero-order chi connectivity index (χ0) is 12.8. The normalized spacial score (nSPS) is 24.1. The van der Waals surface area contributed by atoms with Crippen LogP contribution in [0.5, 0.6) is 0 Å². The predicted molar refractivity (Wildman–Crippen MR) is 74.2 cm³/mol. The third kappa shape index (κ3) is 3.80. The smallest absolute Gasteiger partial charge is 0.0716 e. The quantitative estimate of drug-likeness (QED) is 0.839. The zero-order valence-corrected chi connectivity index (χ0v) is 11.2. The predicted octanol–water partition coefficient (Wildman–Crippen LogP) is 2.19. The van der Waals surface area contributed by atoms with Crippen molar-refractivity contribution in [1.82, 2.24) is 5.32 Å². The Balaban J connectivity index is 1.89. The van der Waals surface area contributed by atoms with Gasteiger partial charge in [0, 0.05) is 25.7 Å². The van der Waals surface area contributed by atoms with Crippen molar-refractivity contribution in [2.24, 2.45) is 5.73 Å². The maximum Gasteiger partial charge on any atom is 0.0716 e. The van der Waals surface area contributed by atoms with E-state index in [4.69, 9.17) is 10.5 Å². The maximum atomic E-state index is 6.01. The average Bonchev–Trinajstić information content (AvgIpc) is 2.38. The molecule has 0 radical (unpaired) electrons. The highest BCUT2D eigenvalue weighted by Crippen LogP contribution is 2.18. The van der Waals surface area contributed by atoms with Crippen molar-refractivity contribution in [3.63, 3.8) is 0 Å². The largest absolute Gasteiger partial charge is 0.380 e. The molecule has 2 rings (SSSR count). The topological polar surface area (TPSA) is 47.3 Å². The molecule has 1 fully saturated rings. The van der Waals surface area contributed by atoms with Crippen LogP contribution in [0.3, 0.4) is 0 Å². The second-order valence-electron chi connectivity index (χ2n) is 5.21. The fourth-order valence-corrected chi connectivity index (χ4v) is 2.69. The van der Waals surface area contributed by atoms with Crippen molar-refractivity contribution < 1.29 is 4.74 Å². The van der Waals surface area contributed by atoms with Gasteiger partial charge < -0.3 is 15.8 Å². The Labute approximate surface area is 110 Å². The number of nitrogens with two attached hydrogens (primary N) is 1. The highest BCUT2D eigenvalue weighted by Gasteiger charge is 2.18. The lowest BCUT2D eigenvalue weighted by Gasteiger charge is -2.27. The zero-order valence-electron chi connectivity index (χ0n) is 11.2. The summed E-state index contributed by atoms with van der Waals surface area (Å²) >= 11 is 0. The SMILES string of the molecule is COCc1ccccc1CNC1CCCC(N)C1. The van der Waals surface area contributed by atoms with Crippen LogP contribution in [-0.4, -0.2) is 19.2 Å². The lowest BCUT2D eigenvalue weighted by atomic mass is 9.91. The van der Waals surface area contributed by atoms with E-state index in [1.807, 2.05) is 0 Å². The minimum Gasteiger partial charge on any atom is -0.380 e. The third-order valence-corrected chi connectivity index (χ3v) is 3.71. The molecule has 0 aliphatic heterocycles. The number of rotatable bonds is 5. The number of hydrogen-bond donors (Lipinski definition) is 2. The van der Waals surface area contributed by atoms with Crippen molar-refractivity contribution in [2.75, 3.05) is 7.11 Å². The number of ether oxygens (including phenoxy) is 1. The van der Waals surface area contributed by atoms with Gasteiger partial charge in [-0.15, -0.1) is 0 Å². The molecule has 1 aliphatic rings. The van der Waals surface area contributed by atoms with Crippen LogP contribution in [0.25, 0.3) is 0 Å². The number of benzene rings is 1. The van der Waals surface area contributed by atoms with Crippen molar-refractivity contribution in [1.29, 1.82) is 0 Å². The molecule has 1 aromatic carbocycles. The first-order chi connectivity index (χ1) is 8.79. The van der Waals surface area contributed by atoms with Crippen molar-refractivity contribution in [3.8, 4) is 0 Å². The summed E-state index contributed by atoms with van der Waals surface area (Å²) in [5.74, 6) is 0. The highest BCUT2D eigenvalue weighted by atomic mass is 16.5. The van der Waals surface area contributed by atoms with E-state index in [1.165, 1.54) is 30.4 Å². The van der Waals surface area contributed by atoms with Gasteiger partial charge >= 0.3 is 0 Å². The van der Waals surface area contributed by atoms with E-state index in [9.17, 15) is 0 Å². The molecule has 0 saturated heterocycles. The summed E-state index contributed by atoms with van der Waals surface area (Å²) < 4.78 is 5.23. The van der Waals surface area contributed by atoms with E-state index in [0.29, 0.717) is 18.7 Å².